The van der Waals surface area contributed by atoms with Crippen molar-refractivity contribution >= 4 is 34.5 Å². The minimum absolute atomic E-state index is 0.117. The van der Waals surface area contributed by atoms with Crippen LogP contribution < -0.4 is 5.32 Å². The number of amides is 1. The molecule has 1 amide bonds. The molecule has 0 spiro atoms. The number of oxazole rings is 1. The summed E-state index contributed by atoms with van der Waals surface area (Å²) in [5.74, 6) is -0.117. The van der Waals surface area contributed by atoms with E-state index in [4.69, 9.17) is 4.42 Å². The maximum atomic E-state index is 12.4. The Kier molecular flexibility index (Phi) is 4.69. The van der Waals surface area contributed by atoms with Crippen LogP contribution in [0.3, 0.4) is 0 Å². The van der Waals surface area contributed by atoms with E-state index < -0.39 is 0 Å². The summed E-state index contributed by atoms with van der Waals surface area (Å²) in [5.41, 5.74) is 5.17. The van der Waals surface area contributed by atoms with Gasteiger partial charge in [-0.3, -0.25) is 4.79 Å². The molecule has 4 nitrogen and oxygen atoms in total. The number of hydrogen-bond acceptors (Lipinski definition) is 4. The third-order valence-corrected chi connectivity index (χ3v) is 5.42. The van der Waals surface area contributed by atoms with Crippen LogP contribution in [0.2, 0.25) is 0 Å². The standard InChI is InChI=1S/C22H18N2O2S/c1-14-12-17(23-21(25)16-8-4-3-5-9-16)13-15(2)20(14)27-22-24-18-10-6-7-11-19(18)26-22/h3-13H,1-2H3,(H,23,25). The fraction of sp³-hybridized carbons (Fsp3) is 0.0909. The SMILES string of the molecule is Cc1cc(NC(=O)c2ccccc2)cc(C)c1Sc1nc2ccccc2o1. The number of rotatable bonds is 4. The number of aromatic nitrogens is 1. The predicted octanol–water partition coefficient (Wildman–Crippen LogP) is 5.85. The number of fused-ring (bicyclic) bond motifs is 1. The second-order valence-electron chi connectivity index (χ2n) is 6.31. The van der Waals surface area contributed by atoms with Crippen molar-refractivity contribution in [3.63, 3.8) is 0 Å². The molecule has 0 saturated carbocycles. The molecule has 4 rings (SSSR count). The van der Waals surface area contributed by atoms with Crippen LogP contribution in [0.15, 0.2) is 81.3 Å². The van der Waals surface area contributed by atoms with Crippen molar-refractivity contribution in [2.75, 3.05) is 5.32 Å². The lowest BCUT2D eigenvalue weighted by Gasteiger charge is -2.12. The molecule has 3 aromatic carbocycles. The first-order valence-corrected chi connectivity index (χ1v) is 9.43. The minimum atomic E-state index is -0.117. The highest BCUT2D eigenvalue weighted by molar-refractivity contribution is 7.99. The largest absolute Gasteiger partial charge is 0.431 e. The van der Waals surface area contributed by atoms with E-state index in [1.165, 1.54) is 11.8 Å². The summed E-state index contributed by atoms with van der Waals surface area (Å²) in [6.45, 7) is 4.05. The first-order valence-electron chi connectivity index (χ1n) is 8.61. The van der Waals surface area contributed by atoms with Gasteiger partial charge in [0.25, 0.3) is 11.1 Å². The minimum Gasteiger partial charge on any atom is -0.431 e. The zero-order valence-corrected chi connectivity index (χ0v) is 15.8. The molecule has 0 fully saturated rings. The third kappa shape index (κ3) is 3.73. The number of anilines is 1. The monoisotopic (exact) mass is 374 g/mol. The number of para-hydroxylation sites is 2. The summed E-state index contributed by atoms with van der Waals surface area (Å²) in [6, 6.07) is 20.9. The van der Waals surface area contributed by atoms with Gasteiger partial charge in [-0.25, -0.2) is 4.98 Å². The van der Waals surface area contributed by atoms with E-state index in [2.05, 4.69) is 10.3 Å². The molecular weight excluding hydrogens is 356 g/mol. The van der Waals surface area contributed by atoms with Crippen LogP contribution in [0.1, 0.15) is 21.5 Å². The summed E-state index contributed by atoms with van der Waals surface area (Å²) >= 11 is 1.50. The molecule has 0 atom stereocenters. The van der Waals surface area contributed by atoms with E-state index in [0.717, 1.165) is 32.8 Å². The lowest BCUT2D eigenvalue weighted by molar-refractivity contribution is 0.102. The zero-order chi connectivity index (χ0) is 18.8. The summed E-state index contributed by atoms with van der Waals surface area (Å²) < 4.78 is 5.82. The molecule has 134 valence electrons. The van der Waals surface area contributed by atoms with Crippen molar-refractivity contribution < 1.29 is 9.21 Å². The van der Waals surface area contributed by atoms with Crippen molar-refractivity contribution in [1.82, 2.24) is 4.98 Å². The van der Waals surface area contributed by atoms with Crippen LogP contribution >= 0.6 is 11.8 Å². The first kappa shape index (κ1) is 17.4. The van der Waals surface area contributed by atoms with Crippen LogP contribution in [0, 0.1) is 13.8 Å². The lowest BCUT2D eigenvalue weighted by atomic mass is 10.1. The van der Waals surface area contributed by atoms with E-state index in [1.54, 1.807) is 12.1 Å². The van der Waals surface area contributed by atoms with Gasteiger partial charge in [0.15, 0.2) is 5.58 Å². The van der Waals surface area contributed by atoms with Gasteiger partial charge in [-0.2, -0.15) is 0 Å². The van der Waals surface area contributed by atoms with Crippen molar-refractivity contribution in [3.05, 3.63) is 83.4 Å². The van der Waals surface area contributed by atoms with Crippen LogP contribution in [-0.4, -0.2) is 10.9 Å². The Morgan fingerprint density at radius 2 is 1.63 bits per heavy atom. The Labute approximate surface area is 161 Å². The Bertz CT molecular complexity index is 1060. The topological polar surface area (TPSA) is 55.1 Å². The third-order valence-electron chi connectivity index (χ3n) is 4.22. The smallest absolute Gasteiger partial charge is 0.261 e. The fourth-order valence-corrected chi connectivity index (χ4v) is 3.85. The maximum absolute atomic E-state index is 12.4. The molecule has 4 aromatic rings. The van der Waals surface area contributed by atoms with Crippen LogP contribution in [0.25, 0.3) is 11.1 Å². The summed E-state index contributed by atoms with van der Waals surface area (Å²) in [7, 11) is 0. The predicted molar refractivity (Wildman–Crippen MR) is 108 cm³/mol. The van der Waals surface area contributed by atoms with E-state index in [0.29, 0.717) is 10.8 Å². The lowest BCUT2D eigenvalue weighted by Crippen LogP contribution is -2.12. The second-order valence-corrected chi connectivity index (χ2v) is 7.27. The van der Waals surface area contributed by atoms with Gasteiger partial charge in [0.05, 0.1) is 0 Å². The summed E-state index contributed by atoms with van der Waals surface area (Å²) in [6.07, 6.45) is 0. The van der Waals surface area contributed by atoms with Gasteiger partial charge >= 0.3 is 0 Å². The molecule has 0 bridgehead atoms. The summed E-state index contributed by atoms with van der Waals surface area (Å²) in [5, 5.41) is 3.58. The molecule has 0 aliphatic carbocycles. The Morgan fingerprint density at radius 3 is 2.33 bits per heavy atom. The average Bonchev–Trinajstić information content (AvgIpc) is 3.08. The van der Waals surface area contributed by atoms with Gasteiger partial charge in [0.2, 0.25) is 0 Å². The average molecular weight is 374 g/mol. The maximum Gasteiger partial charge on any atom is 0.261 e. The van der Waals surface area contributed by atoms with Crippen LogP contribution in [0.5, 0.6) is 0 Å². The highest BCUT2D eigenvalue weighted by Gasteiger charge is 2.13. The number of hydrogen-bond donors (Lipinski definition) is 1. The Hall–Kier alpha value is -3.05. The van der Waals surface area contributed by atoms with Gasteiger partial charge in [0, 0.05) is 16.1 Å². The molecule has 0 saturated heterocycles. The normalized spacial score (nSPS) is 10.9. The number of benzene rings is 3. The van der Waals surface area contributed by atoms with Crippen molar-refractivity contribution in [1.29, 1.82) is 0 Å². The first-order chi connectivity index (χ1) is 13.1. The number of aryl methyl sites for hydroxylation is 2. The van der Waals surface area contributed by atoms with Crippen LogP contribution in [-0.2, 0) is 0 Å². The molecule has 1 aromatic heterocycles. The molecule has 5 heteroatoms. The van der Waals surface area contributed by atoms with E-state index in [1.807, 2.05) is 68.4 Å². The van der Waals surface area contributed by atoms with Crippen molar-refractivity contribution in [3.8, 4) is 0 Å². The van der Waals surface area contributed by atoms with E-state index in [-0.39, 0.29) is 5.91 Å². The van der Waals surface area contributed by atoms with Gasteiger partial charge in [-0.1, -0.05) is 30.3 Å². The van der Waals surface area contributed by atoms with Gasteiger partial charge < -0.3 is 9.73 Å². The molecule has 0 unspecified atom stereocenters. The molecule has 0 radical (unpaired) electrons. The molecule has 1 N–H and O–H groups in total. The highest BCUT2D eigenvalue weighted by atomic mass is 32.2. The fourth-order valence-electron chi connectivity index (χ4n) is 2.96. The Balaban J connectivity index is 1.57. The Morgan fingerprint density at radius 1 is 0.963 bits per heavy atom. The zero-order valence-electron chi connectivity index (χ0n) is 15.0. The number of nitrogens with zero attached hydrogens (tertiary/aromatic N) is 1. The number of carbonyl (C=O) groups is 1. The van der Waals surface area contributed by atoms with Crippen LogP contribution in [0.4, 0.5) is 5.69 Å². The van der Waals surface area contributed by atoms with Gasteiger partial charge in [0.1, 0.15) is 5.52 Å². The van der Waals surface area contributed by atoms with Crippen molar-refractivity contribution in [2.24, 2.45) is 0 Å². The molecule has 1 heterocycles. The van der Waals surface area contributed by atoms with Gasteiger partial charge in [-0.05, 0) is 73.1 Å². The van der Waals surface area contributed by atoms with Gasteiger partial charge in [-0.15, -0.1) is 0 Å². The second kappa shape index (κ2) is 7.29. The number of nitrogens with one attached hydrogen (secondary N) is 1. The molecule has 27 heavy (non-hydrogen) atoms. The molecule has 0 aliphatic rings. The van der Waals surface area contributed by atoms with E-state index >= 15 is 0 Å². The van der Waals surface area contributed by atoms with Crippen molar-refractivity contribution in [2.45, 2.75) is 24.0 Å². The number of carbonyl (C=O) groups excluding carboxylic acids is 1. The van der Waals surface area contributed by atoms with E-state index in [9.17, 15) is 4.79 Å². The molecular formula is C22H18N2O2S. The highest BCUT2D eigenvalue weighted by Crippen LogP contribution is 2.35. The summed E-state index contributed by atoms with van der Waals surface area (Å²) in [4.78, 5) is 18.0. The quantitative estimate of drug-likeness (QED) is 0.487. The molecule has 0 aliphatic heterocycles.